The maximum Gasteiger partial charge on any atom is 0.293 e. The molecule has 2 rings (SSSR count). The first-order valence-corrected chi connectivity index (χ1v) is 8.47. The van der Waals surface area contributed by atoms with Gasteiger partial charge in [-0.2, -0.15) is 0 Å². The SMILES string of the molecule is CCC(CC)C(O)CNc1ccc(C(=O)NC2CC2)cc1[N+](=O)[O-]. The number of carbonyl (C=O) groups is 1. The van der Waals surface area contributed by atoms with Crippen LogP contribution in [0.15, 0.2) is 18.2 Å². The van der Waals surface area contributed by atoms with E-state index in [1.807, 2.05) is 13.8 Å². The number of nitrogens with zero attached hydrogens (tertiary/aromatic N) is 1. The lowest BCUT2D eigenvalue weighted by molar-refractivity contribution is -0.384. The van der Waals surface area contributed by atoms with E-state index >= 15 is 0 Å². The quantitative estimate of drug-likeness (QED) is 0.475. The lowest BCUT2D eigenvalue weighted by Crippen LogP contribution is -2.28. The number of anilines is 1. The Labute approximate surface area is 141 Å². The predicted octanol–water partition coefficient (Wildman–Crippen LogP) is 2.70. The standard InChI is InChI=1S/C17H25N3O4/c1-3-11(4-2)16(21)10-18-14-8-5-12(9-15(14)20(23)24)17(22)19-13-6-7-13/h5,8-9,11,13,16,18,21H,3-4,6-7,10H2,1-2H3,(H,19,22). The summed E-state index contributed by atoms with van der Waals surface area (Å²) in [5.41, 5.74) is 0.433. The first-order chi connectivity index (χ1) is 11.5. The van der Waals surface area contributed by atoms with E-state index in [0.29, 0.717) is 5.69 Å². The van der Waals surface area contributed by atoms with Crippen LogP contribution < -0.4 is 10.6 Å². The van der Waals surface area contributed by atoms with Gasteiger partial charge in [-0.15, -0.1) is 0 Å². The number of nitro benzene ring substituents is 1. The molecular weight excluding hydrogens is 310 g/mol. The van der Waals surface area contributed by atoms with Crippen molar-refractivity contribution in [2.24, 2.45) is 5.92 Å². The van der Waals surface area contributed by atoms with Crippen LogP contribution in [-0.2, 0) is 0 Å². The molecular formula is C17H25N3O4. The summed E-state index contributed by atoms with van der Waals surface area (Å²) in [6, 6.07) is 4.57. The van der Waals surface area contributed by atoms with Crippen LogP contribution in [0.25, 0.3) is 0 Å². The Morgan fingerprint density at radius 1 is 1.38 bits per heavy atom. The summed E-state index contributed by atoms with van der Waals surface area (Å²) >= 11 is 0. The Morgan fingerprint density at radius 2 is 2.04 bits per heavy atom. The number of hydrogen-bond acceptors (Lipinski definition) is 5. The second-order valence-electron chi connectivity index (χ2n) is 6.26. The van der Waals surface area contributed by atoms with Gasteiger partial charge in [0.25, 0.3) is 11.6 Å². The van der Waals surface area contributed by atoms with Crippen LogP contribution in [-0.4, -0.2) is 34.6 Å². The van der Waals surface area contributed by atoms with E-state index in [0.717, 1.165) is 25.7 Å². The summed E-state index contributed by atoms with van der Waals surface area (Å²) in [5, 5.41) is 27.2. The maximum atomic E-state index is 12.0. The van der Waals surface area contributed by atoms with Gasteiger partial charge in [-0.05, 0) is 30.9 Å². The summed E-state index contributed by atoms with van der Waals surface area (Å²) in [6.07, 6.45) is 3.05. The van der Waals surface area contributed by atoms with Gasteiger partial charge in [0.15, 0.2) is 0 Å². The zero-order valence-electron chi connectivity index (χ0n) is 14.1. The summed E-state index contributed by atoms with van der Waals surface area (Å²) < 4.78 is 0. The molecule has 1 aliphatic carbocycles. The number of nitro groups is 1. The van der Waals surface area contributed by atoms with Crippen LogP contribution in [0, 0.1) is 16.0 Å². The zero-order valence-corrected chi connectivity index (χ0v) is 14.1. The van der Waals surface area contributed by atoms with Crippen molar-refractivity contribution in [1.82, 2.24) is 5.32 Å². The molecule has 0 saturated heterocycles. The van der Waals surface area contributed by atoms with Gasteiger partial charge in [-0.25, -0.2) is 0 Å². The summed E-state index contributed by atoms with van der Waals surface area (Å²) in [4.78, 5) is 22.8. The average molecular weight is 335 g/mol. The molecule has 1 amide bonds. The fourth-order valence-electron chi connectivity index (χ4n) is 2.68. The minimum Gasteiger partial charge on any atom is -0.391 e. The number of aliphatic hydroxyl groups excluding tert-OH is 1. The molecule has 1 aliphatic rings. The van der Waals surface area contributed by atoms with E-state index in [-0.39, 0.29) is 35.7 Å². The Hall–Kier alpha value is -2.15. The molecule has 7 heteroatoms. The van der Waals surface area contributed by atoms with E-state index < -0.39 is 11.0 Å². The number of nitrogens with one attached hydrogen (secondary N) is 2. The lowest BCUT2D eigenvalue weighted by Gasteiger charge is -2.20. The molecule has 0 aromatic heterocycles. The number of benzene rings is 1. The average Bonchev–Trinajstić information content (AvgIpc) is 3.37. The van der Waals surface area contributed by atoms with E-state index in [4.69, 9.17) is 0 Å². The molecule has 0 bridgehead atoms. The normalized spacial score (nSPS) is 15.2. The lowest BCUT2D eigenvalue weighted by atomic mass is 9.96. The molecule has 0 spiro atoms. The first kappa shape index (κ1) is 18.2. The highest BCUT2D eigenvalue weighted by atomic mass is 16.6. The van der Waals surface area contributed by atoms with Crippen molar-refractivity contribution in [3.8, 4) is 0 Å². The van der Waals surface area contributed by atoms with Gasteiger partial charge in [0.2, 0.25) is 0 Å². The highest BCUT2D eigenvalue weighted by Gasteiger charge is 2.25. The number of rotatable bonds is 9. The summed E-state index contributed by atoms with van der Waals surface area (Å²) in [5.74, 6) is -0.135. The second-order valence-corrected chi connectivity index (χ2v) is 6.26. The van der Waals surface area contributed by atoms with Gasteiger partial charge in [0.05, 0.1) is 11.0 Å². The van der Waals surface area contributed by atoms with E-state index in [1.54, 1.807) is 6.07 Å². The van der Waals surface area contributed by atoms with Gasteiger partial charge in [-0.3, -0.25) is 14.9 Å². The highest BCUT2D eigenvalue weighted by molar-refractivity contribution is 5.96. The van der Waals surface area contributed by atoms with Crippen LogP contribution >= 0.6 is 0 Å². The molecule has 1 unspecified atom stereocenters. The third kappa shape index (κ3) is 4.67. The molecule has 0 heterocycles. The molecule has 132 valence electrons. The third-order valence-electron chi connectivity index (χ3n) is 4.46. The minimum atomic E-state index is -0.572. The Morgan fingerprint density at radius 3 is 2.58 bits per heavy atom. The fraction of sp³-hybridized carbons (Fsp3) is 0.588. The van der Waals surface area contributed by atoms with Crippen LogP contribution in [0.4, 0.5) is 11.4 Å². The maximum absolute atomic E-state index is 12.0. The van der Waals surface area contributed by atoms with Crippen molar-refractivity contribution in [2.75, 3.05) is 11.9 Å². The summed E-state index contributed by atoms with van der Waals surface area (Å²) in [7, 11) is 0. The topological polar surface area (TPSA) is 104 Å². The molecule has 0 radical (unpaired) electrons. The van der Waals surface area contributed by atoms with Gasteiger partial charge in [-0.1, -0.05) is 26.7 Å². The van der Waals surface area contributed by atoms with Gasteiger partial charge in [0, 0.05) is 24.2 Å². The van der Waals surface area contributed by atoms with Gasteiger partial charge >= 0.3 is 0 Å². The number of aliphatic hydroxyl groups is 1. The molecule has 1 saturated carbocycles. The van der Waals surface area contributed by atoms with E-state index in [9.17, 15) is 20.0 Å². The van der Waals surface area contributed by atoms with Crippen molar-refractivity contribution >= 4 is 17.3 Å². The molecule has 0 aliphatic heterocycles. The van der Waals surface area contributed by atoms with E-state index in [2.05, 4.69) is 10.6 Å². The van der Waals surface area contributed by atoms with Crippen LogP contribution in [0.5, 0.6) is 0 Å². The fourth-order valence-corrected chi connectivity index (χ4v) is 2.68. The molecule has 1 aromatic rings. The van der Waals surface area contributed by atoms with E-state index in [1.165, 1.54) is 12.1 Å². The molecule has 1 atom stereocenters. The molecule has 1 fully saturated rings. The van der Waals surface area contributed by atoms with Crippen LogP contribution in [0.3, 0.4) is 0 Å². The number of hydrogen-bond donors (Lipinski definition) is 3. The van der Waals surface area contributed by atoms with Crippen LogP contribution in [0.1, 0.15) is 49.9 Å². The highest BCUT2D eigenvalue weighted by Crippen LogP contribution is 2.27. The third-order valence-corrected chi connectivity index (χ3v) is 4.46. The number of amides is 1. The number of carbonyl (C=O) groups excluding carboxylic acids is 1. The Bertz CT molecular complexity index is 597. The minimum absolute atomic E-state index is 0.153. The monoisotopic (exact) mass is 335 g/mol. The van der Waals surface area contributed by atoms with Gasteiger partial charge in [0.1, 0.15) is 5.69 Å². The smallest absolute Gasteiger partial charge is 0.293 e. The Balaban J connectivity index is 2.08. The van der Waals surface area contributed by atoms with Crippen LogP contribution in [0.2, 0.25) is 0 Å². The predicted molar refractivity (Wildman–Crippen MR) is 92.2 cm³/mol. The molecule has 7 nitrogen and oxygen atoms in total. The molecule has 3 N–H and O–H groups in total. The van der Waals surface area contributed by atoms with Crippen molar-refractivity contribution in [3.63, 3.8) is 0 Å². The van der Waals surface area contributed by atoms with Crippen molar-refractivity contribution < 1.29 is 14.8 Å². The second kappa shape index (κ2) is 8.10. The van der Waals surface area contributed by atoms with Gasteiger partial charge < -0.3 is 15.7 Å². The van der Waals surface area contributed by atoms with Crippen molar-refractivity contribution in [2.45, 2.75) is 51.7 Å². The van der Waals surface area contributed by atoms with Crippen molar-refractivity contribution in [1.29, 1.82) is 0 Å². The zero-order chi connectivity index (χ0) is 17.7. The first-order valence-electron chi connectivity index (χ1n) is 8.47. The summed E-state index contributed by atoms with van der Waals surface area (Å²) in [6.45, 7) is 4.25. The largest absolute Gasteiger partial charge is 0.391 e. The molecule has 1 aromatic carbocycles. The van der Waals surface area contributed by atoms with Crippen molar-refractivity contribution in [3.05, 3.63) is 33.9 Å². The molecule has 24 heavy (non-hydrogen) atoms. The Kier molecular flexibility index (Phi) is 6.14.